The molecule has 0 aromatic heterocycles. The Morgan fingerprint density at radius 2 is 1.66 bits per heavy atom. The van der Waals surface area contributed by atoms with E-state index in [1.54, 1.807) is 12.1 Å². The molecule has 214 valence electrons. The number of piperidine rings is 1. The number of carbonyl (C=O) groups is 2. The molecule has 3 aliphatic heterocycles. The third-order valence-corrected chi connectivity index (χ3v) is 9.78. The fourth-order valence-electron chi connectivity index (χ4n) is 6.52. The Balaban J connectivity index is 1.22. The van der Waals surface area contributed by atoms with Crippen molar-refractivity contribution in [2.75, 3.05) is 49.5 Å². The monoisotopic (exact) mass is 630 g/mol. The summed E-state index contributed by atoms with van der Waals surface area (Å²) < 4.78 is 0. The maximum absolute atomic E-state index is 13.9. The van der Waals surface area contributed by atoms with Gasteiger partial charge in [-0.3, -0.25) is 14.5 Å². The third-order valence-electron chi connectivity index (χ3n) is 8.57. The van der Waals surface area contributed by atoms with Crippen molar-refractivity contribution >= 4 is 69.6 Å². The van der Waals surface area contributed by atoms with E-state index in [1.807, 2.05) is 53.4 Å². The van der Waals surface area contributed by atoms with Crippen LogP contribution in [0.25, 0.3) is 0 Å². The zero-order valence-corrected chi connectivity index (χ0v) is 25.4. The first kappa shape index (κ1) is 28.6. The molecule has 2 atom stereocenters. The molecule has 2 fully saturated rings. The first-order valence-corrected chi connectivity index (χ1v) is 15.4. The van der Waals surface area contributed by atoms with Gasteiger partial charge in [-0.1, -0.05) is 64.6 Å². The summed E-state index contributed by atoms with van der Waals surface area (Å²) in [6.45, 7) is 3.91. The largest absolute Gasteiger partial charge is 0.368 e. The smallest absolute Gasteiger partial charge is 0.249 e. The molecule has 2 saturated heterocycles. The summed E-state index contributed by atoms with van der Waals surface area (Å²) in [5.74, 6) is -0.144. The number of fused-ring (bicyclic) bond motifs is 1. The summed E-state index contributed by atoms with van der Waals surface area (Å²) >= 11 is 25.0. The fourth-order valence-corrected chi connectivity index (χ4v) is 7.20. The fraction of sp³-hybridized carbons (Fsp3) is 0.355. The summed E-state index contributed by atoms with van der Waals surface area (Å²) in [7, 11) is 0. The quantitative estimate of drug-likeness (QED) is 0.338. The van der Waals surface area contributed by atoms with Crippen LogP contribution in [0.5, 0.6) is 0 Å². The predicted octanol–water partition coefficient (Wildman–Crippen LogP) is 6.75. The number of hydrogen-bond donors (Lipinski definition) is 1. The highest BCUT2D eigenvalue weighted by Gasteiger charge is 2.52. The van der Waals surface area contributed by atoms with Gasteiger partial charge in [0.1, 0.15) is 5.54 Å². The summed E-state index contributed by atoms with van der Waals surface area (Å²) in [5, 5.41) is 5.32. The van der Waals surface area contributed by atoms with Gasteiger partial charge in [-0.2, -0.15) is 0 Å². The first-order chi connectivity index (χ1) is 19.7. The molecule has 0 saturated carbocycles. The average Bonchev–Trinajstić information content (AvgIpc) is 3.24. The molecule has 2 unspecified atom stereocenters. The van der Waals surface area contributed by atoms with Crippen molar-refractivity contribution in [1.82, 2.24) is 9.80 Å². The third kappa shape index (κ3) is 5.53. The minimum absolute atomic E-state index is 0.0990. The predicted molar refractivity (Wildman–Crippen MR) is 166 cm³/mol. The minimum Gasteiger partial charge on any atom is -0.368 e. The molecule has 6 rings (SSSR count). The number of likely N-dealkylation sites (tertiary alicyclic amines) is 1. The number of piperazine rings is 1. The Hall–Kier alpha value is -2.48. The summed E-state index contributed by atoms with van der Waals surface area (Å²) in [4.78, 5) is 34.1. The van der Waals surface area contributed by atoms with E-state index < -0.39 is 5.54 Å². The van der Waals surface area contributed by atoms with E-state index in [0.717, 1.165) is 48.4 Å². The molecule has 3 aliphatic rings. The minimum atomic E-state index is -0.962. The van der Waals surface area contributed by atoms with Gasteiger partial charge in [-0.05, 0) is 67.4 Å². The van der Waals surface area contributed by atoms with E-state index in [9.17, 15) is 9.59 Å². The van der Waals surface area contributed by atoms with Crippen LogP contribution in [0.4, 0.5) is 11.4 Å². The van der Waals surface area contributed by atoms with Gasteiger partial charge in [-0.25, -0.2) is 0 Å². The Morgan fingerprint density at radius 1 is 0.878 bits per heavy atom. The van der Waals surface area contributed by atoms with Gasteiger partial charge < -0.3 is 15.1 Å². The van der Waals surface area contributed by atoms with Crippen LogP contribution in [-0.2, 0) is 21.5 Å². The van der Waals surface area contributed by atoms with Crippen molar-refractivity contribution in [3.63, 3.8) is 0 Å². The molecule has 3 aromatic rings. The Labute approximate surface area is 260 Å². The standard InChI is InChI=1S/C31H30Cl4N4O2/c32-22-5-1-3-20(15-22)18-31(25-8-6-23(33)16-28(25)36-30(31)41)39-10-2-4-21(19-39)29(40)38-13-11-37(12-14-38)24-7-9-26(34)27(35)17-24/h1,3,5-9,15-17,21H,2,4,10-14,18-19H2,(H,36,41). The van der Waals surface area contributed by atoms with Crippen LogP contribution < -0.4 is 10.2 Å². The lowest BCUT2D eigenvalue weighted by Crippen LogP contribution is -2.58. The SMILES string of the molecule is O=C(C1CCCN(C2(Cc3cccc(Cl)c3)C(=O)Nc3cc(Cl)ccc32)C1)N1CCN(c2ccc(Cl)c(Cl)c2)CC1. The number of nitrogens with zero attached hydrogens (tertiary/aromatic N) is 3. The van der Waals surface area contributed by atoms with Gasteiger partial charge >= 0.3 is 0 Å². The van der Waals surface area contributed by atoms with E-state index >= 15 is 0 Å². The molecular formula is C31H30Cl4N4O2. The molecule has 3 aromatic carbocycles. The molecular weight excluding hydrogens is 602 g/mol. The molecule has 0 radical (unpaired) electrons. The highest BCUT2D eigenvalue weighted by Crippen LogP contribution is 2.45. The molecule has 0 spiro atoms. The second-order valence-electron chi connectivity index (χ2n) is 11.0. The first-order valence-electron chi connectivity index (χ1n) is 13.8. The van der Waals surface area contributed by atoms with Crippen molar-refractivity contribution in [3.8, 4) is 0 Å². The number of hydrogen-bond acceptors (Lipinski definition) is 4. The van der Waals surface area contributed by atoms with Gasteiger partial charge in [0.2, 0.25) is 11.8 Å². The van der Waals surface area contributed by atoms with Crippen molar-refractivity contribution in [2.45, 2.75) is 24.8 Å². The van der Waals surface area contributed by atoms with Gasteiger partial charge in [0, 0.05) is 66.1 Å². The number of amides is 2. The van der Waals surface area contributed by atoms with Crippen molar-refractivity contribution in [1.29, 1.82) is 0 Å². The maximum Gasteiger partial charge on any atom is 0.249 e. The molecule has 1 N–H and O–H groups in total. The van der Waals surface area contributed by atoms with Crippen LogP contribution in [0.2, 0.25) is 20.1 Å². The molecule has 41 heavy (non-hydrogen) atoms. The number of nitrogens with one attached hydrogen (secondary N) is 1. The molecule has 2 amide bonds. The zero-order chi connectivity index (χ0) is 28.7. The maximum atomic E-state index is 13.9. The Bertz CT molecular complexity index is 1490. The Kier molecular flexibility index (Phi) is 8.14. The second kappa shape index (κ2) is 11.7. The van der Waals surface area contributed by atoms with Crippen molar-refractivity contribution < 1.29 is 9.59 Å². The molecule has 0 aliphatic carbocycles. The molecule has 10 heteroatoms. The van der Waals surface area contributed by atoms with E-state index in [4.69, 9.17) is 46.4 Å². The summed E-state index contributed by atoms with van der Waals surface area (Å²) in [6, 6.07) is 18.8. The van der Waals surface area contributed by atoms with Crippen LogP contribution in [0.1, 0.15) is 24.0 Å². The highest BCUT2D eigenvalue weighted by molar-refractivity contribution is 6.42. The van der Waals surface area contributed by atoms with Crippen molar-refractivity contribution in [3.05, 3.63) is 91.9 Å². The zero-order valence-electron chi connectivity index (χ0n) is 22.4. The van der Waals surface area contributed by atoms with Gasteiger partial charge in [0.05, 0.1) is 16.0 Å². The van der Waals surface area contributed by atoms with Crippen LogP contribution in [0.3, 0.4) is 0 Å². The number of halogens is 4. The number of rotatable bonds is 5. The second-order valence-corrected chi connectivity index (χ2v) is 12.7. The van der Waals surface area contributed by atoms with Gasteiger partial charge in [0.15, 0.2) is 0 Å². The van der Waals surface area contributed by atoms with E-state index in [1.165, 1.54) is 0 Å². The normalized spacial score (nSPS) is 22.9. The molecule has 6 nitrogen and oxygen atoms in total. The number of carbonyl (C=O) groups excluding carboxylic acids is 2. The topological polar surface area (TPSA) is 55.9 Å². The van der Waals surface area contributed by atoms with E-state index in [2.05, 4.69) is 15.1 Å². The van der Waals surface area contributed by atoms with Gasteiger partial charge in [-0.15, -0.1) is 0 Å². The lowest BCUT2D eigenvalue weighted by Gasteiger charge is -2.45. The van der Waals surface area contributed by atoms with Crippen molar-refractivity contribution in [2.24, 2.45) is 5.92 Å². The van der Waals surface area contributed by atoms with Crippen LogP contribution >= 0.6 is 46.4 Å². The molecule has 0 bridgehead atoms. The summed E-state index contributed by atoms with van der Waals surface area (Å²) in [5.41, 5.74) is 2.61. The summed E-state index contributed by atoms with van der Waals surface area (Å²) in [6.07, 6.45) is 2.06. The van der Waals surface area contributed by atoms with E-state index in [0.29, 0.717) is 52.7 Å². The number of benzene rings is 3. The lowest BCUT2D eigenvalue weighted by molar-refractivity contribution is -0.141. The van der Waals surface area contributed by atoms with Crippen LogP contribution in [0.15, 0.2) is 60.7 Å². The van der Waals surface area contributed by atoms with Crippen LogP contribution in [0, 0.1) is 5.92 Å². The van der Waals surface area contributed by atoms with Gasteiger partial charge in [0.25, 0.3) is 0 Å². The Morgan fingerprint density at radius 3 is 2.41 bits per heavy atom. The van der Waals surface area contributed by atoms with E-state index in [-0.39, 0.29) is 17.7 Å². The molecule has 3 heterocycles. The average molecular weight is 632 g/mol. The lowest BCUT2D eigenvalue weighted by atomic mass is 9.80. The van der Waals surface area contributed by atoms with Crippen LogP contribution in [-0.4, -0.2) is 60.9 Å². The highest BCUT2D eigenvalue weighted by atomic mass is 35.5. The number of anilines is 2.